The highest BCUT2D eigenvalue weighted by Gasteiger charge is 2.26. The third-order valence-corrected chi connectivity index (χ3v) is 4.08. The molecule has 0 fully saturated rings. The minimum atomic E-state index is -0.0632. The van der Waals surface area contributed by atoms with E-state index >= 15 is 0 Å². The molecule has 118 valence electrons. The van der Waals surface area contributed by atoms with Gasteiger partial charge in [0, 0.05) is 36.2 Å². The monoisotopic (exact) mass is 302 g/mol. The average molecular weight is 302 g/mol. The SMILES string of the molecule is COCCOCC(=O)NC1Cc2[nH]c3ccc(C)cc3c2C1. The lowest BCUT2D eigenvalue weighted by Crippen LogP contribution is -2.38. The summed E-state index contributed by atoms with van der Waals surface area (Å²) in [5.74, 6) is -0.0632. The standard InChI is InChI=1S/C17H22N2O3/c1-11-3-4-15-13(7-11)14-8-12(9-16(14)19-15)18-17(20)10-22-6-5-21-2/h3-4,7,12,19H,5-6,8-10H2,1-2H3,(H,18,20). The normalized spacial score (nSPS) is 16.9. The first-order valence-electron chi connectivity index (χ1n) is 7.63. The highest BCUT2D eigenvalue weighted by atomic mass is 16.5. The number of aromatic amines is 1. The van der Waals surface area contributed by atoms with Crippen LogP contribution in [-0.4, -0.2) is 43.9 Å². The molecule has 0 aliphatic heterocycles. The van der Waals surface area contributed by atoms with Gasteiger partial charge in [-0.25, -0.2) is 0 Å². The Labute approximate surface area is 130 Å². The van der Waals surface area contributed by atoms with Gasteiger partial charge in [0.05, 0.1) is 13.2 Å². The lowest BCUT2D eigenvalue weighted by Gasteiger charge is -2.12. The lowest BCUT2D eigenvalue weighted by atomic mass is 10.1. The molecule has 0 spiro atoms. The van der Waals surface area contributed by atoms with Crippen LogP contribution in [0.4, 0.5) is 0 Å². The Morgan fingerprint density at radius 2 is 2.23 bits per heavy atom. The van der Waals surface area contributed by atoms with Crippen LogP contribution < -0.4 is 5.32 Å². The van der Waals surface area contributed by atoms with Crippen molar-refractivity contribution in [1.82, 2.24) is 10.3 Å². The van der Waals surface area contributed by atoms with Crippen LogP contribution in [0.25, 0.3) is 10.9 Å². The van der Waals surface area contributed by atoms with E-state index in [4.69, 9.17) is 9.47 Å². The summed E-state index contributed by atoms with van der Waals surface area (Å²) < 4.78 is 10.1. The molecule has 1 aliphatic rings. The number of hydrogen-bond donors (Lipinski definition) is 2. The second-order valence-electron chi connectivity index (χ2n) is 5.85. The second kappa shape index (κ2) is 6.50. The predicted octanol–water partition coefficient (Wildman–Crippen LogP) is 1.72. The third-order valence-electron chi connectivity index (χ3n) is 4.08. The smallest absolute Gasteiger partial charge is 0.246 e. The van der Waals surface area contributed by atoms with Gasteiger partial charge in [0.15, 0.2) is 0 Å². The van der Waals surface area contributed by atoms with E-state index in [0.29, 0.717) is 13.2 Å². The van der Waals surface area contributed by atoms with Gasteiger partial charge in [0.2, 0.25) is 5.91 Å². The van der Waals surface area contributed by atoms with Gasteiger partial charge in [0.25, 0.3) is 0 Å². The molecule has 0 bridgehead atoms. The van der Waals surface area contributed by atoms with Crippen LogP contribution in [0.1, 0.15) is 16.8 Å². The second-order valence-corrected chi connectivity index (χ2v) is 5.85. The number of aryl methyl sites for hydroxylation is 1. The average Bonchev–Trinajstić information content (AvgIpc) is 3.01. The zero-order valence-electron chi connectivity index (χ0n) is 13.1. The summed E-state index contributed by atoms with van der Waals surface area (Å²) in [4.78, 5) is 15.3. The first-order valence-corrected chi connectivity index (χ1v) is 7.63. The van der Waals surface area contributed by atoms with Crippen molar-refractivity contribution < 1.29 is 14.3 Å². The largest absolute Gasteiger partial charge is 0.382 e. The third kappa shape index (κ3) is 3.15. The molecule has 1 atom stereocenters. The number of carbonyl (C=O) groups excluding carboxylic acids is 1. The fraction of sp³-hybridized carbons (Fsp3) is 0.471. The summed E-state index contributed by atoms with van der Waals surface area (Å²) >= 11 is 0. The molecule has 2 N–H and O–H groups in total. The van der Waals surface area contributed by atoms with Crippen LogP contribution in [0, 0.1) is 6.92 Å². The number of rotatable bonds is 6. The summed E-state index contributed by atoms with van der Waals surface area (Å²) in [6.45, 7) is 3.14. The van der Waals surface area contributed by atoms with Crippen LogP contribution in [0.15, 0.2) is 18.2 Å². The molecule has 1 heterocycles. The molecule has 5 nitrogen and oxygen atoms in total. The van der Waals surface area contributed by atoms with Crippen molar-refractivity contribution in [3.8, 4) is 0 Å². The fourth-order valence-corrected chi connectivity index (χ4v) is 3.07. The van der Waals surface area contributed by atoms with Gasteiger partial charge in [-0.1, -0.05) is 11.6 Å². The van der Waals surface area contributed by atoms with Gasteiger partial charge in [-0.05, 0) is 31.0 Å². The molecular weight excluding hydrogens is 280 g/mol. The summed E-state index contributed by atoms with van der Waals surface area (Å²) in [7, 11) is 1.61. The molecule has 1 unspecified atom stereocenters. The number of carbonyl (C=O) groups is 1. The number of methoxy groups -OCH3 is 1. The number of nitrogens with one attached hydrogen (secondary N) is 2. The zero-order chi connectivity index (χ0) is 15.5. The van der Waals surface area contributed by atoms with Gasteiger partial charge in [-0.15, -0.1) is 0 Å². The molecule has 0 saturated carbocycles. The van der Waals surface area contributed by atoms with Crippen LogP contribution in [0.5, 0.6) is 0 Å². The predicted molar refractivity (Wildman–Crippen MR) is 85.1 cm³/mol. The van der Waals surface area contributed by atoms with Crippen molar-refractivity contribution in [1.29, 1.82) is 0 Å². The van der Waals surface area contributed by atoms with E-state index in [9.17, 15) is 4.79 Å². The quantitative estimate of drug-likeness (QED) is 0.799. The molecule has 1 amide bonds. The Balaban J connectivity index is 1.58. The molecule has 1 aliphatic carbocycles. The van der Waals surface area contributed by atoms with Crippen molar-refractivity contribution >= 4 is 16.8 Å². The number of aromatic nitrogens is 1. The van der Waals surface area contributed by atoms with Crippen LogP contribution >= 0.6 is 0 Å². The van der Waals surface area contributed by atoms with Gasteiger partial charge < -0.3 is 19.8 Å². The molecule has 2 aromatic rings. The van der Waals surface area contributed by atoms with Gasteiger partial charge in [-0.3, -0.25) is 4.79 Å². The Bertz CT molecular complexity index is 678. The summed E-state index contributed by atoms with van der Waals surface area (Å²) in [5, 5.41) is 4.32. The van der Waals surface area contributed by atoms with Crippen molar-refractivity contribution in [2.45, 2.75) is 25.8 Å². The topological polar surface area (TPSA) is 63.4 Å². The number of ether oxygens (including phenoxy) is 2. The molecule has 5 heteroatoms. The highest BCUT2D eigenvalue weighted by molar-refractivity contribution is 5.86. The van der Waals surface area contributed by atoms with E-state index in [2.05, 4.69) is 35.4 Å². The number of H-pyrrole nitrogens is 1. The number of hydrogen-bond acceptors (Lipinski definition) is 3. The van der Waals surface area contributed by atoms with Crippen LogP contribution in [0.2, 0.25) is 0 Å². The van der Waals surface area contributed by atoms with E-state index in [1.165, 1.54) is 27.7 Å². The summed E-state index contributed by atoms with van der Waals surface area (Å²) in [6.07, 6.45) is 1.73. The first-order chi connectivity index (χ1) is 10.7. The first kappa shape index (κ1) is 15.1. The van der Waals surface area contributed by atoms with E-state index in [0.717, 1.165) is 12.8 Å². The van der Waals surface area contributed by atoms with Gasteiger partial charge in [0.1, 0.15) is 6.61 Å². The molecular formula is C17H22N2O3. The fourth-order valence-electron chi connectivity index (χ4n) is 3.07. The van der Waals surface area contributed by atoms with E-state index < -0.39 is 0 Å². The number of fused-ring (bicyclic) bond motifs is 3. The van der Waals surface area contributed by atoms with Gasteiger partial charge in [-0.2, -0.15) is 0 Å². The molecule has 0 radical (unpaired) electrons. The molecule has 1 aromatic carbocycles. The van der Waals surface area contributed by atoms with Crippen LogP contribution in [0.3, 0.4) is 0 Å². The zero-order valence-corrected chi connectivity index (χ0v) is 13.1. The maximum atomic E-state index is 11.9. The highest BCUT2D eigenvalue weighted by Crippen LogP contribution is 2.30. The van der Waals surface area contributed by atoms with Crippen LogP contribution in [-0.2, 0) is 27.1 Å². The number of amides is 1. The molecule has 22 heavy (non-hydrogen) atoms. The Hall–Kier alpha value is -1.85. The Kier molecular flexibility index (Phi) is 4.45. The van der Waals surface area contributed by atoms with Crippen molar-refractivity contribution in [3.05, 3.63) is 35.0 Å². The number of benzene rings is 1. The minimum Gasteiger partial charge on any atom is -0.382 e. The molecule has 3 rings (SSSR count). The lowest BCUT2D eigenvalue weighted by molar-refractivity contribution is -0.126. The Morgan fingerprint density at radius 3 is 3.05 bits per heavy atom. The summed E-state index contributed by atoms with van der Waals surface area (Å²) in [6, 6.07) is 6.61. The van der Waals surface area contributed by atoms with E-state index in [1.54, 1.807) is 7.11 Å². The maximum absolute atomic E-state index is 11.9. The summed E-state index contributed by atoms with van der Waals surface area (Å²) in [5.41, 5.74) is 5.02. The van der Waals surface area contributed by atoms with E-state index in [1.807, 2.05) is 0 Å². The Morgan fingerprint density at radius 1 is 1.36 bits per heavy atom. The molecule has 1 aromatic heterocycles. The van der Waals surface area contributed by atoms with Crippen molar-refractivity contribution in [2.24, 2.45) is 0 Å². The maximum Gasteiger partial charge on any atom is 0.246 e. The van der Waals surface area contributed by atoms with E-state index in [-0.39, 0.29) is 18.6 Å². The van der Waals surface area contributed by atoms with Gasteiger partial charge >= 0.3 is 0 Å². The van der Waals surface area contributed by atoms with Crippen molar-refractivity contribution in [2.75, 3.05) is 26.9 Å². The van der Waals surface area contributed by atoms with Crippen molar-refractivity contribution in [3.63, 3.8) is 0 Å². The molecule has 0 saturated heterocycles. The minimum absolute atomic E-state index is 0.0632.